The fourth-order valence-electron chi connectivity index (χ4n) is 11.8. The smallest absolute Gasteiger partial charge is 0.462 e. The van der Waals surface area contributed by atoms with E-state index < -0.39 is 26.5 Å². The number of carbonyl (C=O) groups excluding carboxylic acids is 2. The van der Waals surface area contributed by atoms with Gasteiger partial charge in [0.2, 0.25) is 0 Å². The third kappa shape index (κ3) is 78.2. The predicted octanol–water partition coefficient (Wildman–Crippen LogP) is 26.8. The Bertz CT molecular complexity index is 1860. The molecule has 0 aromatic heterocycles. The van der Waals surface area contributed by atoms with Gasteiger partial charge in [-0.3, -0.25) is 18.6 Å². The molecule has 9 nitrogen and oxygen atoms in total. The number of quaternary nitrogens is 1. The summed E-state index contributed by atoms with van der Waals surface area (Å²) < 4.78 is 34.8. The van der Waals surface area contributed by atoms with E-state index in [-0.39, 0.29) is 25.6 Å². The number of phosphoric acid groups is 1. The molecule has 0 aliphatic carbocycles. The molecule has 548 valence electrons. The van der Waals surface area contributed by atoms with E-state index in [0.29, 0.717) is 23.9 Å². The van der Waals surface area contributed by atoms with Crippen LogP contribution in [0.1, 0.15) is 386 Å². The highest BCUT2D eigenvalue weighted by Gasteiger charge is 2.27. The molecule has 0 aliphatic rings. The lowest BCUT2D eigenvalue weighted by Crippen LogP contribution is -2.37. The molecule has 0 amide bonds. The lowest BCUT2D eigenvalue weighted by molar-refractivity contribution is -0.870. The van der Waals surface area contributed by atoms with Crippen LogP contribution in [0.25, 0.3) is 0 Å². The van der Waals surface area contributed by atoms with Crippen LogP contribution in [-0.4, -0.2) is 74.9 Å². The number of unbranched alkanes of at least 4 members (excludes halogenated alkanes) is 47. The van der Waals surface area contributed by atoms with Crippen molar-refractivity contribution in [1.82, 2.24) is 0 Å². The topological polar surface area (TPSA) is 108 Å². The summed E-state index contributed by atoms with van der Waals surface area (Å²) in [4.78, 5) is 36.0. The van der Waals surface area contributed by atoms with Gasteiger partial charge in [0.1, 0.15) is 19.8 Å². The van der Waals surface area contributed by atoms with Crippen LogP contribution in [0.15, 0.2) is 85.1 Å². The van der Waals surface area contributed by atoms with Crippen LogP contribution in [0.5, 0.6) is 0 Å². The molecule has 0 fully saturated rings. The Morgan fingerprint density at radius 1 is 0.340 bits per heavy atom. The average Bonchev–Trinajstić information content (AvgIpc) is 1.66. The first-order valence-corrected chi connectivity index (χ1v) is 41.8. The third-order valence-electron chi connectivity index (χ3n) is 17.9. The zero-order valence-corrected chi connectivity index (χ0v) is 63.6. The molecule has 10 heteroatoms. The molecule has 0 radical (unpaired) electrons. The first kappa shape index (κ1) is 91.2. The van der Waals surface area contributed by atoms with Crippen LogP contribution < -0.4 is 0 Å². The molecule has 0 aromatic rings. The van der Waals surface area contributed by atoms with E-state index in [9.17, 15) is 19.0 Å². The fraction of sp³-hybridized carbons (Fsp3) is 0.810. The summed E-state index contributed by atoms with van der Waals surface area (Å²) in [6.45, 7) is 4.37. The van der Waals surface area contributed by atoms with Gasteiger partial charge in [-0.05, 0) is 89.9 Å². The Kier molecular flexibility index (Phi) is 72.2. The highest BCUT2D eigenvalue weighted by atomic mass is 31.2. The van der Waals surface area contributed by atoms with E-state index in [4.69, 9.17) is 18.5 Å². The minimum atomic E-state index is -4.40. The van der Waals surface area contributed by atoms with Crippen LogP contribution >= 0.6 is 7.82 Å². The van der Waals surface area contributed by atoms with Gasteiger partial charge < -0.3 is 18.9 Å². The number of rotatable bonds is 75. The lowest BCUT2D eigenvalue weighted by atomic mass is 10.0. The van der Waals surface area contributed by atoms with Crippen molar-refractivity contribution in [2.24, 2.45) is 0 Å². The summed E-state index contributed by atoms with van der Waals surface area (Å²) in [5.74, 6) is -0.778. The SMILES string of the molecule is CC/C=C\C/C=C\C/C=C\C/C=C\CCCCCCCCCCCCCCCCCCCCC(=O)OC(COC(=O)CCCCCCCCCCCCCCCCCCCCCCCCCC/C=C\C/C=C\C/C=C\CCCCCCC)COP(=O)(O)OCC[N+](C)(C)C. The van der Waals surface area contributed by atoms with Gasteiger partial charge >= 0.3 is 19.8 Å². The van der Waals surface area contributed by atoms with E-state index in [1.807, 2.05) is 21.1 Å². The van der Waals surface area contributed by atoms with Gasteiger partial charge in [0.25, 0.3) is 0 Å². The minimum Gasteiger partial charge on any atom is -0.462 e. The van der Waals surface area contributed by atoms with Crippen molar-refractivity contribution in [2.45, 2.75) is 392 Å². The number of likely N-dealkylation sites (N-methyl/N-ethyl adjacent to an activating group) is 1. The van der Waals surface area contributed by atoms with E-state index in [1.165, 1.54) is 283 Å². The molecule has 0 saturated carbocycles. The highest BCUT2D eigenvalue weighted by Crippen LogP contribution is 2.43. The summed E-state index contributed by atoms with van der Waals surface area (Å²) >= 11 is 0. The fourth-order valence-corrected chi connectivity index (χ4v) is 12.5. The van der Waals surface area contributed by atoms with E-state index in [1.54, 1.807) is 0 Å². The summed E-state index contributed by atoms with van der Waals surface area (Å²) in [5.41, 5.74) is 0. The van der Waals surface area contributed by atoms with E-state index in [2.05, 4.69) is 98.9 Å². The molecule has 0 rings (SSSR count). The van der Waals surface area contributed by atoms with Crippen LogP contribution in [0, 0.1) is 0 Å². The molecular weight excluding hydrogens is 1180 g/mol. The molecular formula is C84H155NO8P+. The third-order valence-corrected chi connectivity index (χ3v) is 18.9. The van der Waals surface area contributed by atoms with Gasteiger partial charge in [0.15, 0.2) is 6.10 Å². The predicted molar refractivity (Wildman–Crippen MR) is 409 cm³/mol. The highest BCUT2D eigenvalue weighted by molar-refractivity contribution is 7.47. The standard InChI is InChI=1S/C84H154NO8P/c1-6-8-10-12-14-16-18-20-22-24-26-28-30-32-34-36-38-39-40-41-42-43-44-45-47-48-50-52-54-56-58-60-62-64-66-68-70-72-74-76-83(86)90-80-82(81-92-94(88,89)91-79-78-85(3,4)5)93-84(87)77-75-73-71-69-67-65-63-61-59-57-55-53-51-49-46-37-35-33-31-29-27-25-23-21-19-17-15-13-11-9-7-2/h9,11,15,17-18,20-21,23-24,26-27,29-30,32,82H,6-8,10,12-14,16,19,22,25,28,31,33-81H2,1-5H3/p+1/b11-9-,17-15-,20-18-,23-21-,26-24-,29-27-,32-30-. The Hall–Kier alpha value is -2.81. The summed E-state index contributed by atoms with van der Waals surface area (Å²) in [5, 5.41) is 0. The quantitative estimate of drug-likeness (QED) is 0.0211. The second-order valence-corrected chi connectivity index (χ2v) is 29.9. The zero-order valence-electron chi connectivity index (χ0n) is 62.7. The van der Waals surface area contributed by atoms with E-state index in [0.717, 1.165) is 70.6 Å². The molecule has 0 saturated heterocycles. The summed E-state index contributed by atoms with van der Waals surface area (Å²) in [7, 11) is 1.49. The maximum atomic E-state index is 12.9. The van der Waals surface area contributed by atoms with Crippen molar-refractivity contribution in [1.29, 1.82) is 0 Å². The van der Waals surface area contributed by atoms with Crippen LogP contribution in [0.4, 0.5) is 0 Å². The normalized spacial score (nSPS) is 13.5. The molecule has 0 heterocycles. The first-order valence-electron chi connectivity index (χ1n) is 40.3. The summed E-state index contributed by atoms with van der Waals surface area (Å²) in [6.07, 6.45) is 103. The van der Waals surface area contributed by atoms with Crippen LogP contribution in [0.2, 0.25) is 0 Å². The van der Waals surface area contributed by atoms with Gasteiger partial charge in [0, 0.05) is 12.8 Å². The van der Waals surface area contributed by atoms with Gasteiger partial charge in [-0.1, -0.05) is 369 Å². The van der Waals surface area contributed by atoms with Gasteiger partial charge in [-0.25, -0.2) is 4.57 Å². The number of allylic oxidation sites excluding steroid dienone is 14. The Labute approximate surface area is 583 Å². The Balaban J connectivity index is 3.91. The second-order valence-electron chi connectivity index (χ2n) is 28.4. The van der Waals surface area contributed by atoms with Crippen molar-refractivity contribution in [2.75, 3.05) is 47.5 Å². The maximum absolute atomic E-state index is 12.9. The van der Waals surface area contributed by atoms with Crippen molar-refractivity contribution < 1.29 is 42.1 Å². The number of phosphoric ester groups is 1. The molecule has 94 heavy (non-hydrogen) atoms. The molecule has 2 atom stereocenters. The summed E-state index contributed by atoms with van der Waals surface area (Å²) in [6, 6.07) is 0. The number of ether oxygens (including phenoxy) is 2. The number of carbonyl (C=O) groups is 2. The van der Waals surface area contributed by atoms with Gasteiger partial charge in [-0.15, -0.1) is 0 Å². The molecule has 0 bridgehead atoms. The number of hydrogen-bond acceptors (Lipinski definition) is 7. The van der Waals surface area contributed by atoms with Gasteiger partial charge in [-0.2, -0.15) is 0 Å². The molecule has 2 unspecified atom stereocenters. The van der Waals surface area contributed by atoms with Crippen molar-refractivity contribution in [3.63, 3.8) is 0 Å². The number of hydrogen-bond donors (Lipinski definition) is 1. The monoisotopic (exact) mass is 1340 g/mol. The minimum absolute atomic E-state index is 0.0324. The van der Waals surface area contributed by atoms with Crippen LogP contribution in [-0.2, 0) is 32.7 Å². The molecule has 0 spiro atoms. The zero-order chi connectivity index (χ0) is 68.3. The number of nitrogens with zero attached hydrogens (tertiary/aromatic N) is 1. The van der Waals surface area contributed by atoms with Crippen molar-refractivity contribution in [3.05, 3.63) is 85.1 Å². The Morgan fingerprint density at radius 3 is 0.904 bits per heavy atom. The van der Waals surface area contributed by atoms with Crippen molar-refractivity contribution >= 4 is 19.8 Å². The van der Waals surface area contributed by atoms with Gasteiger partial charge in [0.05, 0.1) is 27.7 Å². The van der Waals surface area contributed by atoms with E-state index >= 15 is 0 Å². The van der Waals surface area contributed by atoms with Crippen molar-refractivity contribution in [3.8, 4) is 0 Å². The number of esters is 2. The molecule has 0 aromatic carbocycles. The Morgan fingerprint density at radius 2 is 0.606 bits per heavy atom. The lowest BCUT2D eigenvalue weighted by Gasteiger charge is -2.24. The maximum Gasteiger partial charge on any atom is 0.472 e. The molecule has 1 N–H and O–H groups in total. The molecule has 0 aliphatic heterocycles. The average molecular weight is 1340 g/mol. The van der Waals surface area contributed by atoms with Crippen LogP contribution in [0.3, 0.4) is 0 Å². The largest absolute Gasteiger partial charge is 0.472 e. The first-order chi connectivity index (χ1) is 46.0. The second kappa shape index (κ2) is 74.4.